The summed E-state index contributed by atoms with van der Waals surface area (Å²) in [6, 6.07) is 5.45. The summed E-state index contributed by atoms with van der Waals surface area (Å²) >= 11 is 0. The van der Waals surface area contributed by atoms with Gasteiger partial charge in [-0.15, -0.1) is 0 Å². The molecule has 8 heteroatoms. The Morgan fingerprint density at radius 1 is 1.15 bits per heavy atom. The summed E-state index contributed by atoms with van der Waals surface area (Å²) in [4.78, 5) is 21.6. The highest BCUT2D eigenvalue weighted by atomic mass is 16.3. The lowest BCUT2D eigenvalue weighted by Gasteiger charge is -2.36. The number of hydrogen-bond donors (Lipinski definition) is 2. The normalized spacial score (nSPS) is 16.5. The Morgan fingerprint density at radius 3 is 2.50 bits per heavy atom. The van der Waals surface area contributed by atoms with Crippen LogP contribution in [0.3, 0.4) is 0 Å². The van der Waals surface area contributed by atoms with Crippen molar-refractivity contribution >= 4 is 11.9 Å². The number of pyridine rings is 1. The zero-order chi connectivity index (χ0) is 18.2. The molecule has 3 rings (SSSR count). The van der Waals surface area contributed by atoms with Gasteiger partial charge in [-0.1, -0.05) is 0 Å². The first-order valence-electron chi connectivity index (χ1n) is 8.91. The molecule has 1 aliphatic heterocycles. The lowest BCUT2D eigenvalue weighted by Crippen LogP contribution is -2.53. The third kappa shape index (κ3) is 4.66. The zero-order valence-corrected chi connectivity index (χ0v) is 15.0. The molecule has 0 radical (unpaired) electrons. The van der Waals surface area contributed by atoms with E-state index in [1.54, 1.807) is 24.8 Å². The number of hydrogen-bond acceptors (Lipinski definition) is 6. The summed E-state index contributed by atoms with van der Waals surface area (Å²) in [7, 11) is 0. The second-order valence-electron chi connectivity index (χ2n) is 6.01. The summed E-state index contributed by atoms with van der Waals surface area (Å²) in [5.41, 5.74) is 0.825. The predicted molar refractivity (Wildman–Crippen MR) is 101 cm³/mol. The van der Waals surface area contributed by atoms with Gasteiger partial charge < -0.3 is 20.2 Å². The lowest BCUT2D eigenvalue weighted by molar-refractivity contribution is 0.186. The zero-order valence-electron chi connectivity index (χ0n) is 15.0. The van der Waals surface area contributed by atoms with Crippen molar-refractivity contribution in [3.8, 4) is 0 Å². The first-order valence-corrected chi connectivity index (χ1v) is 8.91. The maximum absolute atomic E-state index is 10.3. The molecule has 8 nitrogen and oxygen atoms in total. The molecule has 138 valence electrons. The first kappa shape index (κ1) is 18.1. The van der Waals surface area contributed by atoms with Crippen LogP contribution in [-0.4, -0.2) is 70.2 Å². The van der Waals surface area contributed by atoms with Gasteiger partial charge in [0.05, 0.1) is 12.6 Å². The van der Waals surface area contributed by atoms with E-state index in [0.717, 1.165) is 50.2 Å². The van der Waals surface area contributed by atoms with E-state index >= 15 is 0 Å². The maximum Gasteiger partial charge on any atom is 0.225 e. The molecule has 0 aromatic carbocycles. The van der Waals surface area contributed by atoms with Crippen LogP contribution in [0.5, 0.6) is 0 Å². The molecule has 1 atom stereocenters. The smallest absolute Gasteiger partial charge is 0.225 e. The minimum atomic E-state index is -0.634. The molecule has 1 unspecified atom stereocenters. The van der Waals surface area contributed by atoms with Crippen molar-refractivity contribution in [2.75, 3.05) is 44.2 Å². The monoisotopic (exact) mass is 355 g/mol. The Labute approximate surface area is 153 Å². The number of anilines is 1. The number of nitrogens with one attached hydrogen (secondary N) is 1. The molecular weight excluding hydrogens is 330 g/mol. The van der Waals surface area contributed by atoms with Crippen LogP contribution >= 0.6 is 0 Å². The second-order valence-corrected chi connectivity index (χ2v) is 6.01. The van der Waals surface area contributed by atoms with Gasteiger partial charge in [-0.3, -0.25) is 9.98 Å². The van der Waals surface area contributed by atoms with Gasteiger partial charge in [0.15, 0.2) is 5.96 Å². The molecular formula is C18H25N7O. The SMILES string of the molecule is CCNC(=NCC(O)c1ccncc1)N1CCN(c2ncccn2)CC1. The highest BCUT2D eigenvalue weighted by Crippen LogP contribution is 2.13. The third-order valence-electron chi connectivity index (χ3n) is 4.25. The van der Waals surface area contributed by atoms with Crippen LogP contribution < -0.4 is 10.2 Å². The van der Waals surface area contributed by atoms with E-state index in [-0.39, 0.29) is 0 Å². The maximum atomic E-state index is 10.3. The molecule has 2 N–H and O–H groups in total. The summed E-state index contributed by atoms with van der Waals surface area (Å²) < 4.78 is 0. The number of guanidine groups is 1. The van der Waals surface area contributed by atoms with Crippen LogP contribution in [0, 0.1) is 0 Å². The average Bonchev–Trinajstić information content (AvgIpc) is 2.72. The number of aliphatic hydroxyl groups excluding tert-OH is 1. The molecule has 0 saturated carbocycles. The second kappa shape index (κ2) is 9.10. The minimum absolute atomic E-state index is 0.314. The highest BCUT2D eigenvalue weighted by molar-refractivity contribution is 5.80. The van der Waals surface area contributed by atoms with Crippen molar-refractivity contribution in [2.45, 2.75) is 13.0 Å². The van der Waals surface area contributed by atoms with Crippen LogP contribution in [0.25, 0.3) is 0 Å². The van der Waals surface area contributed by atoms with E-state index < -0.39 is 6.10 Å². The summed E-state index contributed by atoms with van der Waals surface area (Å²) in [5, 5.41) is 13.6. The molecule has 0 amide bonds. The Hall–Kier alpha value is -2.74. The number of aliphatic hydroxyl groups is 1. The number of piperazine rings is 1. The summed E-state index contributed by atoms with van der Waals surface area (Å²) in [5.74, 6) is 1.59. The molecule has 2 aromatic heterocycles. The predicted octanol–water partition coefficient (Wildman–Crippen LogP) is 0.693. The largest absolute Gasteiger partial charge is 0.386 e. The molecule has 0 aliphatic carbocycles. The van der Waals surface area contributed by atoms with Crippen molar-refractivity contribution in [3.63, 3.8) is 0 Å². The number of aliphatic imine (C=N–C) groups is 1. The Morgan fingerprint density at radius 2 is 1.85 bits per heavy atom. The molecule has 1 saturated heterocycles. The van der Waals surface area contributed by atoms with Gasteiger partial charge >= 0.3 is 0 Å². The number of aromatic nitrogens is 3. The summed E-state index contributed by atoms with van der Waals surface area (Å²) in [6.45, 7) is 6.47. The van der Waals surface area contributed by atoms with E-state index in [9.17, 15) is 5.11 Å². The Kier molecular flexibility index (Phi) is 6.32. The van der Waals surface area contributed by atoms with E-state index in [1.165, 1.54) is 0 Å². The fraction of sp³-hybridized carbons (Fsp3) is 0.444. The molecule has 0 bridgehead atoms. The quantitative estimate of drug-likeness (QED) is 0.602. The molecule has 1 aliphatic rings. The van der Waals surface area contributed by atoms with Gasteiger partial charge in [0.25, 0.3) is 0 Å². The Bertz CT molecular complexity index is 687. The van der Waals surface area contributed by atoms with Crippen molar-refractivity contribution in [2.24, 2.45) is 4.99 Å². The standard InChI is InChI=1S/C18H25N7O/c1-2-20-17(23-14-16(26)15-4-8-19-9-5-15)24-10-12-25(13-11-24)18-21-6-3-7-22-18/h3-9,16,26H,2,10-14H2,1H3,(H,20,23). The highest BCUT2D eigenvalue weighted by Gasteiger charge is 2.21. The van der Waals surface area contributed by atoms with E-state index in [0.29, 0.717) is 6.54 Å². The van der Waals surface area contributed by atoms with Gasteiger partial charge in [0, 0.05) is 57.5 Å². The van der Waals surface area contributed by atoms with E-state index in [2.05, 4.69) is 35.1 Å². The lowest BCUT2D eigenvalue weighted by atomic mass is 10.1. The van der Waals surface area contributed by atoms with E-state index in [4.69, 9.17) is 0 Å². The van der Waals surface area contributed by atoms with Crippen LogP contribution in [-0.2, 0) is 0 Å². The van der Waals surface area contributed by atoms with Gasteiger partial charge in [0.1, 0.15) is 0 Å². The van der Waals surface area contributed by atoms with Crippen molar-refractivity contribution < 1.29 is 5.11 Å². The van der Waals surface area contributed by atoms with E-state index in [1.807, 2.05) is 25.1 Å². The third-order valence-corrected chi connectivity index (χ3v) is 4.25. The topological polar surface area (TPSA) is 89.8 Å². The summed E-state index contributed by atoms with van der Waals surface area (Å²) in [6.07, 6.45) is 6.25. The van der Waals surface area contributed by atoms with Crippen molar-refractivity contribution in [1.29, 1.82) is 0 Å². The molecule has 0 spiro atoms. The van der Waals surface area contributed by atoms with Crippen LogP contribution in [0.4, 0.5) is 5.95 Å². The minimum Gasteiger partial charge on any atom is -0.386 e. The first-order chi connectivity index (χ1) is 12.8. The average molecular weight is 355 g/mol. The number of nitrogens with zero attached hydrogens (tertiary/aromatic N) is 6. The Balaban J connectivity index is 1.59. The van der Waals surface area contributed by atoms with Gasteiger partial charge in [-0.2, -0.15) is 0 Å². The molecule has 1 fully saturated rings. The van der Waals surface area contributed by atoms with Crippen molar-refractivity contribution in [3.05, 3.63) is 48.5 Å². The fourth-order valence-corrected chi connectivity index (χ4v) is 2.86. The van der Waals surface area contributed by atoms with Gasteiger partial charge in [-0.25, -0.2) is 9.97 Å². The van der Waals surface area contributed by atoms with Crippen molar-refractivity contribution in [1.82, 2.24) is 25.2 Å². The van der Waals surface area contributed by atoms with Crippen LogP contribution in [0.15, 0.2) is 48.0 Å². The molecule has 3 heterocycles. The van der Waals surface area contributed by atoms with Gasteiger partial charge in [-0.05, 0) is 30.7 Å². The van der Waals surface area contributed by atoms with Crippen LogP contribution in [0.1, 0.15) is 18.6 Å². The van der Waals surface area contributed by atoms with Gasteiger partial charge in [0.2, 0.25) is 5.95 Å². The molecule has 2 aromatic rings. The number of rotatable bonds is 5. The van der Waals surface area contributed by atoms with Crippen LogP contribution in [0.2, 0.25) is 0 Å². The fourth-order valence-electron chi connectivity index (χ4n) is 2.86. The molecule has 26 heavy (non-hydrogen) atoms.